The Bertz CT molecular complexity index is 404. The minimum Gasteiger partial charge on any atom is -0.460 e. The summed E-state index contributed by atoms with van der Waals surface area (Å²) in [7, 11) is -3.42. The van der Waals surface area contributed by atoms with E-state index in [-0.39, 0.29) is 25.2 Å². The normalized spacial score (nSPS) is 12.2. The van der Waals surface area contributed by atoms with Crippen LogP contribution in [0, 0.1) is 0 Å². The molecule has 0 aromatic rings. The molecule has 0 unspecified atom stereocenters. The van der Waals surface area contributed by atoms with E-state index in [1.165, 1.54) is 0 Å². The SMILES string of the molecule is CC(C)(C)OC(=O)CC(=O)CCCCOS(C)(=O)=O. The second-order valence-corrected chi connectivity index (χ2v) is 6.93. The maximum absolute atomic E-state index is 11.4. The van der Waals surface area contributed by atoms with Gasteiger partial charge in [0.2, 0.25) is 0 Å². The Kier molecular flexibility index (Phi) is 7.21. The number of hydrogen-bond donors (Lipinski definition) is 0. The molecule has 0 aliphatic carbocycles. The van der Waals surface area contributed by atoms with Crippen LogP contribution in [-0.2, 0) is 28.6 Å². The molecule has 0 heterocycles. The molecular formula is C12H22O6S. The second kappa shape index (κ2) is 7.59. The summed E-state index contributed by atoms with van der Waals surface area (Å²) in [6.07, 6.45) is 1.88. The highest BCUT2D eigenvalue weighted by Crippen LogP contribution is 2.09. The summed E-state index contributed by atoms with van der Waals surface area (Å²) >= 11 is 0. The molecule has 7 heteroatoms. The van der Waals surface area contributed by atoms with Crippen LogP contribution in [0.15, 0.2) is 0 Å². The fraction of sp³-hybridized carbons (Fsp3) is 0.833. The van der Waals surface area contributed by atoms with Crippen molar-refractivity contribution >= 4 is 21.9 Å². The van der Waals surface area contributed by atoms with E-state index in [0.29, 0.717) is 12.8 Å². The Morgan fingerprint density at radius 3 is 2.16 bits per heavy atom. The minimum absolute atomic E-state index is 0.0541. The number of esters is 1. The number of ether oxygens (including phenoxy) is 1. The third-order valence-electron chi connectivity index (χ3n) is 1.91. The van der Waals surface area contributed by atoms with Crippen molar-refractivity contribution in [3.05, 3.63) is 0 Å². The molecule has 0 rings (SSSR count). The molecule has 0 aliphatic heterocycles. The van der Waals surface area contributed by atoms with Gasteiger partial charge in [-0.15, -0.1) is 0 Å². The van der Waals surface area contributed by atoms with Gasteiger partial charge in [0.25, 0.3) is 10.1 Å². The van der Waals surface area contributed by atoms with Crippen molar-refractivity contribution in [2.45, 2.75) is 52.1 Å². The number of carbonyl (C=O) groups excluding carboxylic acids is 2. The first-order valence-corrected chi connectivity index (χ1v) is 7.89. The van der Waals surface area contributed by atoms with Gasteiger partial charge < -0.3 is 4.74 Å². The molecule has 0 saturated heterocycles. The van der Waals surface area contributed by atoms with E-state index in [1.807, 2.05) is 0 Å². The summed E-state index contributed by atoms with van der Waals surface area (Å²) in [5.74, 6) is -0.751. The van der Waals surface area contributed by atoms with Crippen LogP contribution in [0.2, 0.25) is 0 Å². The molecule has 0 N–H and O–H groups in total. The maximum atomic E-state index is 11.4. The third kappa shape index (κ3) is 13.3. The summed E-state index contributed by atoms with van der Waals surface area (Å²) in [6.45, 7) is 5.26. The first-order chi connectivity index (χ1) is 8.49. The number of hydrogen-bond acceptors (Lipinski definition) is 6. The van der Waals surface area contributed by atoms with Crippen LogP contribution in [0.3, 0.4) is 0 Å². The Morgan fingerprint density at radius 2 is 1.68 bits per heavy atom. The molecule has 0 aromatic carbocycles. The van der Waals surface area contributed by atoms with Gasteiger partial charge in [0, 0.05) is 6.42 Å². The molecule has 0 bridgehead atoms. The highest BCUT2D eigenvalue weighted by molar-refractivity contribution is 7.85. The minimum atomic E-state index is -3.42. The number of ketones is 1. The summed E-state index contributed by atoms with van der Waals surface area (Å²) in [6, 6.07) is 0. The zero-order valence-corrected chi connectivity index (χ0v) is 12.7. The zero-order chi connectivity index (χ0) is 15.1. The summed E-state index contributed by atoms with van der Waals surface area (Å²) in [5.41, 5.74) is -0.597. The molecule has 112 valence electrons. The van der Waals surface area contributed by atoms with E-state index >= 15 is 0 Å². The van der Waals surface area contributed by atoms with Gasteiger partial charge in [0.05, 0.1) is 12.9 Å². The molecule has 0 radical (unpaired) electrons. The van der Waals surface area contributed by atoms with Gasteiger partial charge in [0.1, 0.15) is 17.8 Å². The third-order valence-corrected chi connectivity index (χ3v) is 2.50. The van der Waals surface area contributed by atoms with E-state index in [2.05, 4.69) is 4.18 Å². The number of unbranched alkanes of at least 4 members (excludes halogenated alkanes) is 1. The van der Waals surface area contributed by atoms with Crippen LogP contribution in [0.25, 0.3) is 0 Å². The number of carbonyl (C=O) groups is 2. The molecule has 6 nitrogen and oxygen atoms in total. The van der Waals surface area contributed by atoms with Gasteiger partial charge in [-0.25, -0.2) is 0 Å². The molecule has 0 saturated carbocycles. The van der Waals surface area contributed by atoms with Crippen molar-refractivity contribution < 1.29 is 26.9 Å². The Hall–Kier alpha value is -0.950. The second-order valence-electron chi connectivity index (χ2n) is 5.29. The van der Waals surface area contributed by atoms with Gasteiger partial charge >= 0.3 is 5.97 Å². The zero-order valence-electron chi connectivity index (χ0n) is 11.9. The van der Waals surface area contributed by atoms with Crippen LogP contribution in [0.5, 0.6) is 0 Å². The monoisotopic (exact) mass is 294 g/mol. The van der Waals surface area contributed by atoms with Crippen molar-refractivity contribution in [3.8, 4) is 0 Å². The summed E-state index contributed by atoms with van der Waals surface area (Å²) in [4.78, 5) is 22.8. The van der Waals surface area contributed by atoms with Crippen molar-refractivity contribution in [1.29, 1.82) is 0 Å². The van der Waals surface area contributed by atoms with Crippen LogP contribution >= 0.6 is 0 Å². The maximum Gasteiger partial charge on any atom is 0.313 e. The Morgan fingerprint density at radius 1 is 1.11 bits per heavy atom. The van der Waals surface area contributed by atoms with Gasteiger partial charge in [0.15, 0.2) is 0 Å². The van der Waals surface area contributed by atoms with Crippen LogP contribution in [-0.4, -0.2) is 38.6 Å². The molecule has 0 spiro atoms. The van der Waals surface area contributed by atoms with E-state index < -0.39 is 21.7 Å². The molecule has 0 amide bonds. The molecule has 0 atom stereocenters. The topological polar surface area (TPSA) is 86.7 Å². The molecule has 0 fully saturated rings. The number of rotatable bonds is 8. The van der Waals surface area contributed by atoms with Gasteiger partial charge in [-0.2, -0.15) is 8.42 Å². The lowest BCUT2D eigenvalue weighted by Gasteiger charge is -2.19. The standard InChI is InChI=1S/C12H22O6S/c1-12(2,3)18-11(14)9-10(13)7-5-6-8-17-19(4,15)16/h5-9H2,1-4H3. The van der Waals surface area contributed by atoms with E-state index in [9.17, 15) is 18.0 Å². The van der Waals surface area contributed by atoms with Crippen LogP contribution < -0.4 is 0 Å². The molecule has 0 aromatic heterocycles. The predicted molar refractivity (Wildman–Crippen MR) is 70.1 cm³/mol. The predicted octanol–water partition coefficient (Wildman–Crippen LogP) is 1.43. The van der Waals surface area contributed by atoms with E-state index in [1.54, 1.807) is 20.8 Å². The Labute approximate surface area is 114 Å². The summed E-state index contributed by atoms with van der Waals surface area (Å²) in [5, 5.41) is 0. The summed E-state index contributed by atoms with van der Waals surface area (Å²) < 4.78 is 30.9. The first kappa shape index (κ1) is 18.0. The largest absolute Gasteiger partial charge is 0.460 e. The van der Waals surface area contributed by atoms with E-state index in [0.717, 1.165) is 6.26 Å². The van der Waals surface area contributed by atoms with Crippen molar-refractivity contribution in [2.24, 2.45) is 0 Å². The molecule has 0 aliphatic rings. The van der Waals surface area contributed by atoms with Crippen LogP contribution in [0.4, 0.5) is 0 Å². The van der Waals surface area contributed by atoms with E-state index in [4.69, 9.17) is 4.74 Å². The average molecular weight is 294 g/mol. The smallest absolute Gasteiger partial charge is 0.313 e. The number of Topliss-reactive ketones (excluding diaryl/α,β-unsaturated/α-hetero) is 1. The van der Waals surface area contributed by atoms with Crippen LogP contribution in [0.1, 0.15) is 46.5 Å². The quantitative estimate of drug-likeness (QED) is 0.291. The average Bonchev–Trinajstić information content (AvgIpc) is 2.11. The molecular weight excluding hydrogens is 272 g/mol. The fourth-order valence-corrected chi connectivity index (χ4v) is 1.68. The highest BCUT2D eigenvalue weighted by atomic mass is 32.2. The van der Waals surface area contributed by atoms with Crippen molar-refractivity contribution in [1.82, 2.24) is 0 Å². The fourth-order valence-electron chi connectivity index (χ4n) is 1.26. The lowest BCUT2D eigenvalue weighted by atomic mass is 10.1. The van der Waals surface area contributed by atoms with Gasteiger partial charge in [-0.1, -0.05) is 0 Å². The Balaban J connectivity index is 3.74. The molecule has 19 heavy (non-hydrogen) atoms. The van der Waals surface area contributed by atoms with Gasteiger partial charge in [-0.05, 0) is 33.6 Å². The highest BCUT2D eigenvalue weighted by Gasteiger charge is 2.18. The lowest BCUT2D eigenvalue weighted by molar-refractivity contribution is -0.156. The lowest BCUT2D eigenvalue weighted by Crippen LogP contribution is -2.25. The van der Waals surface area contributed by atoms with Crippen molar-refractivity contribution in [3.63, 3.8) is 0 Å². The van der Waals surface area contributed by atoms with Gasteiger partial charge in [-0.3, -0.25) is 13.8 Å². The first-order valence-electron chi connectivity index (χ1n) is 6.07. The van der Waals surface area contributed by atoms with Crippen molar-refractivity contribution in [2.75, 3.05) is 12.9 Å².